The Labute approximate surface area is 99.2 Å². The SMILES string of the molecule is COc1c(F)cc(CCCCN)cc1C(=O)O. The molecule has 0 bridgehead atoms. The molecule has 0 aliphatic heterocycles. The van der Waals surface area contributed by atoms with E-state index in [0.717, 1.165) is 12.8 Å². The number of benzene rings is 1. The summed E-state index contributed by atoms with van der Waals surface area (Å²) < 4.78 is 18.3. The van der Waals surface area contributed by atoms with Gasteiger partial charge in [-0.1, -0.05) is 0 Å². The van der Waals surface area contributed by atoms with E-state index in [1.165, 1.54) is 19.2 Å². The molecule has 0 heterocycles. The first-order chi connectivity index (χ1) is 8.10. The van der Waals surface area contributed by atoms with E-state index < -0.39 is 11.8 Å². The highest BCUT2D eigenvalue weighted by Gasteiger charge is 2.16. The third kappa shape index (κ3) is 3.42. The predicted molar refractivity (Wildman–Crippen MR) is 61.9 cm³/mol. The maximum Gasteiger partial charge on any atom is 0.339 e. The van der Waals surface area contributed by atoms with Crippen LogP contribution in [0, 0.1) is 5.82 Å². The molecule has 3 N–H and O–H groups in total. The van der Waals surface area contributed by atoms with Crippen molar-refractivity contribution in [3.63, 3.8) is 0 Å². The molecular formula is C12H16FNO3. The van der Waals surface area contributed by atoms with E-state index in [2.05, 4.69) is 0 Å². The van der Waals surface area contributed by atoms with Gasteiger partial charge in [0.05, 0.1) is 7.11 Å². The quantitative estimate of drug-likeness (QED) is 0.745. The average Bonchev–Trinajstić information content (AvgIpc) is 2.28. The maximum absolute atomic E-state index is 13.6. The lowest BCUT2D eigenvalue weighted by atomic mass is 10.0. The second kappa shape index (κ2) is 6.20. The minimum absolute atomic E-state index is 0.143. The van der Waals surface area contributed by atoms with Gasteiger partial charge in [-0.15, -0.1) is 0 Å². The van der Waals surface area contributed by atoms with Crippen LogP contribution in [0.1, 0.15) is 28.8 Å². The van der Waals surface area contributed by atoms with Gasteiger partial charge in [0.25, 0.3) is 0 Å². The molecule has 0 aliphatic rings. The van der Waals surface area contributed by atoms with Crippen molar-refractivity contribution < 1.29 is 19.0 Å². The van der Waals surface area contributed by atoms with E-state index >= 15 is 0 Å². The van der Waals surface area contributed by atoms with Crippen molar-refractivity contribution in [2.24, 2.45) is 5.73 Å². The van der Waals surface area contributed by atoms with Crippen molar-refractivity contribution in [2.45, 2.75) is 19.3 Å². The van der Waals surface area contributed by atoms with Gasteiger partial charge in [0.2, 0.25) is 0 Å². The van der Waals surface area contributed by atoms with Gasteiger partial charge in [0, 0.05) is 0 Å². The summed E-state index contributed by atoms with van der Waals surface area (Å²) in [4.78, 5) is 10.9. The van der Waals surface area contributed by atoms with Crippen LogP contribution in [-0.2, 0) is 6.42 Å². The van der Waals surface area contributed by atoms with Crippen molar-refractivity contribution in [1.82, 2.24) is 0 Å². The average molecular weight is 241 g/mol. The van der Waals surface area contributed by atoms with Gasteiger partial charge >= 0.3 is 5.97 Å². The lowest BCUT2D eigenvalue weighted by Gasteiger charge is -2.09. The summed E-state index contributed by atoms with van der Waals surface area (Å²) in [5.74, 6) is -2.06. The van der Waals surface area contributed by atoms with Crippen molar-refractivity contribution in [1.29, 1.82) is 0 Å². The molecule has 0 amide bonds. The summed E-state index contributed by atoms with van der Waals surface area (Å²) in [6.07, 6.45) is 2.25. The molecule has 0 unspecified atom stereocenters. The molecule has 0 aliphatic carbocycles. The van der Waals surface area contributed by atoms with Gasteiger partial charge in [0.1, 0.15) is 5.56 Å². The normalized spacial score (nSPS) is 10.3. The van der Waals surface area contributed by atoms with Crippen molar-refractivity contribution in [3.05, 3.63) is 29.1 Å². The van der Waals surface area contributed by atoms with Crippen LogP contribution < -0.4 is 10.5 Å². The Morgan fingerprint density at radius 3 is 2.71 bits per heavy atom. The number of aryl methyl sites for hydroxylation is 1. The van der Waals surface area contributed by atoms with Crippen molar-refractivity contribution >= 4 is 5.97 Å². The number of unbranched alkanes of at least 4 members (excludes halogenated alkanes) is 1. The topological polar surface area (TPSA) is 72.5 Å². The first-order valence-corrected chi connectivity index (χ1v) is 5.40. The minimum Gasteiger partial charge on any atom is -0.493 e. The van der Waals surface area contributed by atoms with E-state index in [4.69, 9.17) is 15.6 Å². The molecule has 0 fully saturated rings. The fourth-order valence-corrected chi connectivity index (χ4v) is 1.63. The van der Waals surface area contributed by atoms with Gasteiger partial charge in [-0.25, -0.2) is 9.18 Å². The molecule has 0 saturated heterocycles. The van der Waals surface area contributed by atoms with E-state index in [9.17, 15) is 9.18 Å². The number of hydrogen-bond donors (Lipinski definition) is 2. The summed E-state index contributed by atoms with van der Waals surface area (Å²) in [6, 6.07) is 2.75. The summed E-state index contributed by atoms with van der Waals surface area (Å²) in [6.45, 7) is 0.574. The van der Waals surface area contributed by atoms with Crippen molar-refractivity contribution in [3.8, 4) is 5.75 Å². The predicted octanol–water partition coefficient (Wildman–Crippen LogP) is 1.81. The first kappa shape index (κ1) is 13.4. The van der Waals surface area contributed by atoms with Crippen molar-refractivity contribution in [2.75, 3.05) is 13.7 Å². The number of rotatable bonds is 6. The molecule has 1 aromatic rings. The fraction of sp³-hybridized carbons (Fsp3) is 0.417. The molecule has 4 nitrogen and oxygen atoms in total. The minimum atomic E-state index is -1.19. The number of methoxy groups -OCH3 is 1. The van der Waals surface area contributed by atoms with Crippen LogP contribution >= 0.6 is 0 Å². The molecule has 94 valence electrons. The van der Waals surface area contributed by atoms with Gasteiger partial charge < -0.3 is 15.6 Å². The molecule has 5 heteroatoms. The number of halogens is 1. The number of ether oxygens (including phenoxy) is 1. The van der Waals surface area contributed by atoms with E-state index in [-0.39, 0.29) is 11.3 Å². The number of carbonyl (C=O) groups is 1. The second-order valence-electron chi connectivity index (χ2n) is 3.71. The Bertz CT molecular complexity index is 407. The van der Waals surface area contributed by atoms with Crippen LogP contribution in [0.4, 0.5) is 4.39 Å². The standard InChI is InChI=1S/C12H16FNO3/c1-17-11-9(12(15)16)6-8(7-10(11)13)4-2-3-5-14/h6-7H,2-5,14H2,1H3,(H,15,16). The molecule has 0 saturated carbocycles. The highest BCUT2D eigenvalue weighted by atomic mass is 19.1. The summed E-state index contributed by atoms with van der Waals surface area (Å²) >= 11 is 0. The Balaban J connectivity index is 2.98. The molecule has 0 spiro atoms. The third-order valence-electron chi connectivity index (χ3n) is 2.46. The van der Waals surface area contributed by atoms with Crippen LogP contribution in [0.2, 0.25) is 0 Å². The number of hydrogen-bond acceptors (Lipinski definition) is 3. The second-order valence-corrected chi connectivity index (χ2v) is 3.71. The Morgan fingerprint density at radius 2 is 2.18 bits per heavy atom. The lowest BCUT2D eigenvalue weighted by Crippen LogP contribution is -2.05. The Hall–Kier alpha value is -1.62. The summed E-state index contributed by atoms with van der Waals surface area (Å²) in [5, 5.41) is 8.95. The van der Waals surface area contributed by atoms with Gasteiger partial charge in [-0.2, -0.15) is 0 Å². The highest BCUT2D eigenvalue weighted by Crippen LogP contribution is 2.25. The largest absolute Gasteiger partial charge is 0.493 e. The number of carboxylic acids is 1. The lowest BCUT2D eigenvalue weighted by molar-refractivity contribution is 0.0692. The van der Waals surface area contributed by atoms with E-state index in [1.807, 2.05) is 0 Å². The monoisotopic (exact) mass is 241 g/mol. The maximum atomic E-state index is 13.6. The van der Waals surface area contributed by atoms with Crippen LogP contribution in [0.25, 0.3) is 0 Å². The Kier molecular flexibility index (Phi) is 4.90. The zero-order valence-electron chi connectivity index (χ0n) is 9.70. The first-order valence-electron chi connectivity index (χ1n) is 5.40. The molecule has 17 heavy (non-hydrogen) atoms. The summed E-state index contributed by atoms with van der Waals surface area (Å²) in [5.41, 5.74) is 5.86. The number of aromatic carboxylic acids is 1. The zero-order valence-corrected chi connectivity index (χ0v) is 9.70. The number of nitrogens with two attached hydrogens (primary N) is 1. The molecule has 1 aromatic carbocycles. The van der Waals surface area contributed by atoms with Gasteiger partial charge in [0.15, 0.2) is 11.6 Å². The van der Waals surface area contributed by atoms with E-state index in [0.29, 0.717) is 18.5 Å². The van der Waals surface area contributed by atoms with Gasteiger partial charge in [-0.3, -0.25) is 0 Å². The molecular weight excluding hydrogens is 225 g/mol. The molecule has 0 radical (unpaired) electrons. The molecule has 0 aromatic heterocycles. The third-order valence-corrected chi connectivity index (χ3v) is 2.46. The fourth-order valence-electron chi connectivity index (χ4n) is 1.63. The highest BCUT2D eigenvalue weighted by molar-refractivity contribution is 5.91. The Morgan fingerprint density at radius 1 is 1.47 bits per heavy atom. The van der Waals surface area contributed by atoms with Crippen LogP contribution in [0.15, 0.2) is 12.1 Å². The molecule has 0 atom stereocenters. The molecule has 1 rings (SSSR count). The number of carboxylic acid groups (broad SMARTS) is 1. The van der Waals surface area contributed by atoms with Crippen LogP contribution in [0.5, 0.6) is 5.75 Å². The van der Waals surface area contributed by atoms with E-state index in [1.54, 1.807) is 0 Å². The van der Waals surface area contributed by atoms with Gasteiger partial charge in [-0.05, 0) is 43.5 Å². The summed E-state index contributed by atoms with van der Waals surface area (Å²) in [7, 11) is 1.25. The van der Waals surface area contributed by atoms with Crippen LogP contribution in [0.3, 0.4) is 0 Å². The van der Waals surface area contributed by atoms with Crippen LogP contribution in [-0.4, -0.2) is 24.7 Å². The smallest absolute Gasteiger partial charge is 0.339 e. The zero-order chi connectivity index (χ0) is 12.8.